The summed E-state index contributed by atoms with van der Waals surface area (Å²) in [7, 11) is 0. The minimum absolute atomic E-state index is 0.245. The predicted octanol–water partition coefficient (Wildman–Crippen LogP) is 12.2. The Morgan fingerprint density at radius 3 is 1.24 bits per heavy atom. The first kappa shape index (κ1) is 73.3. The lowest BCUT2D eigenvalue weighted by Crippen LogP contribution is -2.65. The smallest absolute Gasteiger partial charge is 0.220 e. The lowest BCUT2D eigenvalue weighted by molar-refractivity contribution is -0.359. The van der Waals surface area contributed by atoms with Gasteiger partial charge in [0, 0.05) is 6.42 Å². The average molecular weight is 1120 g/mol. The number of nitrogens with one attached hydrogen (secondary N) is 1. The summed E-state index contributed by atoms with van der Waals surface area (Å²) in [5, 5.41) is 87.2. The van der Waals surface area contributed by atoms with Crippen molar-refractivity contribution >= 4 is 5.91 Å². The van der Waals surface area contributed by atoms with Gasteiger partial charge in [0.1, 0.15) is 48.8 Å². The highest BCUT2D eigenvalue weighted by atomic mass is 16.7. The van der Waals surface area contributed by atoms with Gasteiger partial charge in [0.25, 0.3) is 0 Å². The number of aliphatic hydroxyl groups is 8. The molecule has 0 aromatic carbocycles. The number of carbonyl (C=O) groups is 1. The van der Waals surface area contributed by atoms with E-state index in [0.717, 1.165) is 32.1 Å². The van der Waals surface area contributed by atoms with Crippen molar-refractivity contribution in [3.05, 3.63) is 36.5 Å². The fourth-order valence-electron chi connectivity index (χ4n) is 10.8. The van der Waals surface area contributed by atoms with Crippen molar-refractivity contribution in [2.75, 3.05) is 19.8 Å². The molecule has 14 heteroatoms. The summed E-state index contributed by atoms with van der Waals surface area (Å²) in [6, 6.07) is -0.930. The summed E-state index contributed by atoms with van der Waals surface area (Å²) in [6.07, 6.45) is 46.3. The quantitative estimate of drug-likeness (QED) is 0.0204. The summed E-state index contributed by atoms with van der Waals surface area (Å²) in [5.74, 6) is -0.245. The normalized spacial score (nSPS) is 24.6. The first-order valence-corrected chi connectivity index (χ1v) is 32.7. The van der Waals surface area contributed by atoms with E-state index in [0.29, 0.717) is 12.8 Å². The van der Waals surface area contributed by atoms with Crippen LogP contribution in [0.25, 0.3) is 0 Å². The number of amides is 1. The maximum Gasteiger partial charge on any atom is 0.220 e. The number of unbranched alkanes of at least 4 members (excludes halogenated alkanes) is 36. The van der Waals surface area contributed by atoms with Gasteiger partial charge >= 0.3 is 0 Å². The lowest BCUT2D eigenvalue weighted by atomic mass is 9.97. The zero-order chi connectivity index (χ0) is 57.4. The number of hydrogen-bond donors (Lipinski definition) is 9. The molecule has 0 aromatic rings. The molecule has 464 valence electrons. The van der Waals surface area contributed by atoms with Gasteiger partial charge in [-0.15, -0.1) is 0 Å². The maximum atomic E-state index is 13.3. The third kappa shape index (κ3) is 35.8. The van der Waals surface area contributed by atoms with Crippen LogP contribution < -0.4 is 5.32 Å². The molecule has 9 N–H and O–H groups in total. The topological polar surface area (TPSA) is 228 Å². The van der Waals surface area contributed by atoms with Crippen LogP contribution in [0.1, 0.15) is 277 Å². The molecule has 12 atom stereocenters. The Morgan fingerprint density at radius 2 is 0.810 bits per heavy atom. The zero-order valence-electron chi connectivity index (χ0n) is 50.1. The molecular weight excluding hydrogens is 1000 g/mol. The van der Waals surface area contributed by atoms with E-state index >= 15 is 0 Å². The first-order chi connectivity index (χ1) is 38.6. The third-order valence-corrected chi connectivity index (χ3v) is 16.0. The standard InChI is InChI=1S/C65H121NO13/c1-3-5-7-9-11-13-15-17-19-21-22-23-24-25-26-27-28-29-30-31-32-33-35-37-39-41-43-45-47-49-57(70)66-53(54(69)48-46-44-42-40-38-36-34-20-18-16-14-12-10-8-6-4-2)52-76-64-62(75)60(73)63(56(51-68)78-64)79-65-61(74)59(72)58(71)55(50-67)77-65/h21-22,38,40,46,48,53-56,58-65,67-69,71-75H,3-20,23-37,39,41-45,47,49-52H2,1-2H3,(H,66,70)/b22-21-,40-38+,48-46+. The van der Waals surface area contributed by atoms with Gasteiger partial charge < -0.3 is 65.1 Å². The fraction of sp³-hybridized carbons (Fsp3) is 0.892. The number of rotatable bonds is 53. The predicted molar refractivity (Wildman–Crippen MR) is 318 cm³/mol. The number of aliphatic hydroxyl groups excluding tert-OH is 8. The molecule has 12 unspecified atom stereocenters. The number of carbonyl (C=O) groups excluding carboxylic acids is 1. The third-order valence-electron chi connectivity index (χ3n) is 16.0. The van der Waals surface area contributed by atoms with Crippen molar-refractivity contribution < 1.29 is 64.6 Å². The second-order valence-corrected chi connectivity index (χ2v) is 23.2. The summed E-state index contributed by atoms with van der Waals surface area (Å²) in [4.78, 5) is 13.3. The Kier molecular flexibility index (Phi) is 47.0. The van der Waals surface area contributed by atoms with Gasteiger partial charge in [0.05, 0.1) is 32.0 Å². The number of ether oxygens (including phenoxy) is 4. The Hall–Kier alpha value is -1.79. The van der Waals surface area contributed by atoms with Crippen LogP contribution in [0.5, 0.6) is 0 Å². The van der Waals surface area contributed by atoms with Crippen molar-refractivity contribution in [3.8, 4) is 0 Å². The molecule has 0 aromatic heterocycles. The largest absolute Gasteiger partial charge is 0.394 e. The monoisotopic (exact) mass is 1120 g/mol. The Morgan fingerprint density at radius 1 is 0.443 bits per heavy atom. The van der Waals surface area contributed by atoms with Gasteiger partial charge in [0.2, 0.25) is 5.91 Å². The molecule has 79 heavy (non-hydrogen) atoms. The second-order valence-electron chi connectivity index (χ2n) is 23.2. The van der Waals surface area contributed by atoms with Crippen molar-refractivity contribution in [2.45, 2.75) is 351 Å². The molecule has 0 bridgehead atoms. The van der Waals surface area contributed by atoms with E-state index < -0.39 is 86.8 Å². The Balaban J connectivity index is 1.68. The van der Waals surface area contributed by atoms with E-state index in [2.05, 4.69) is 43.5 Å². The van der Waals surface area contributed by atoms with Crippen LogP contribution in [0.2, 0.25) is 0 Å². The molecule has 2 fully saturated rings. The molecular formula is C65H121NO13. The minimum Gasteiger partial charge on any atom is -0.394 e. The number of hydrogen-bond acceptors (Lipinski definition) is 13. The molecule has 2 heterocycles. The summed E-state index contributed by atoms with van der Waals surface area (Å²) in [5.41, 5.74) is 0. The van der Waals surface area contributed by atoms with Crippen molar-refractivity contribution in [2.24, 2.45) is 0 Å². The van der Waals surface area contributed by atoms with Crippen LogP contribution in [-0.2, 0) is 23.7 Å². The van der Waals surface area contributed by atoms with E-state index in [4.69, 9.17) is 18.9 Å². The van der Waals surface area contributed by atoms with Crippen molar-refractivity contribution in [1.82, 2.24) is 5.32 Å². The molecule has 2 saturated heterocycles. The van der Waals surface area contributed by atoms with Crippen LogP contribution in [0.4, 0.5) is 0 Å². The van der Waals surface area contributed by atoms with Gasteiger partial charge in [0.15, 0.2) is 12.6 Å². The molecule has 2 aliphatic rings. The van der Waals surface area contributed by atoms with Crippen LogP contribution in [-0.4, -0.2) is 140 Å². The van der Waals surface area contributed by atoms with Crippen LogP contribution in [0.3, 0.4) is 0 Å². The molecule has 1 amide bonds. The van der Waals surface area contributed by atoms with Crippen LogP contribution in [0, 0.1) is 0 Å². The summed E-state index contributed by atoms with van der Waals surface area (Å²) >= 11 is 0. The highest BCUT2D eigenvalue weighted by Gasteiger charge is 2.51. The van der Waals surface area contributed by atoms with E-state index in [9.17, 15) is 45.6 Å². The molecule has 0 spiro atoms. The van der Waals surface area contributed by atoms with Gasteiger partial charge in [-0.25, -0.2) is 0 Å². The highest BCUT2D eigenvalue weighted by Crippen LogP contribution is 2.30. The van der Waals surface area contributed by atoms with Crippen LogP contribution in [0.15, 0.2) is 36.5 Å². The summed E-state index contributed by atoms with van der Waals surface area (Å²) in [6.45, 7) is 2.80. The molecule has 0 radical (unpaired) electrons. The minimum atomic E-state index is -1.79. The van der Waals surface area contributed by atoms with Crippen molar-refractivity contribution in [3.63, 3.8) is 0 Å². The van der Waals surface area contributed by atoms with Crippen LogP contribution >= 0.6 is 0 Å². The Bertz CT molecular complexity index is 1460. The van der Waals surface area contributed by atoms with Gasteiger partial charge in [-0.2, -0.15) is 0 Å². The number of allylic oxidation sites excluding steroid dienone is 5. The van der Waals surface area contributed by atoms with E-state index in [1.54, 1.807) is 6.08 Å². The first-order valence-electron chi connectivity index (χ1n) is 32.7. The van der Waals surface area contributed by atoms with Crippen molar-refractivity contribution in [1.29, 1.82) is 0 Å². The second kappa shape index (κ2) is 50.7. The van der Waals surface area contributed by atoms with E-state index in [-0.39, 0.29) is 18.9 Å². The van der Waals surface area contributed by atoms with E-state index in [1.165, 1.54) is 212 Å². The van der Waals surface area contributed by atoms with Gasteiger partial charge in [-0.05, 0) is 57.8 Å². The average Bonchev–Trinajstić information content (AvgIpc) is 3.48. The molecule has 2 aliphatic heterocycles. The lowest BCUT2D eigenvalue weighted by Gasteiger charge is -2.46. The highest BCUT2D eigenvalue weighted by molar-refractivity contribution is 5.76. The fourth-order valence-corrected chi connectivity index (χ4v) is 10.8. The summed E-state index contributed by atoms with van der Waals surface area (Å²) < 4.78 is 22.8. The molecule has 2 rings (SSSR count). The Labute approximate surface area is 481 Å². The van der Waals surface area contributed by atoms with E-state index in [1.807, 2.05) is 6.08 Å². The van der Waals surface area contributed by atoms with Gasteiger partial charge in [-0.3, -0.25) is 4.79 Å². The SMILES string of the molecule is CCCCCCCCCC/C=C\CCCCCCCCCCCCCCCCCCCC(=O)NC(COC1OC(CO)C(OC2OC(CO)C(O)C(O)C2O)C(O)C1O)C(O)/C=C/CC/C=C/CCCCCCCCCCCC. The molecule has 14 nitrogen and oxygen atoms in total. The maximum absolute atomic E-state index is 13.3. The molecule has 0 saturated carbocycles. The molecule has 0 aliphatic carbocycles. The zero-order valence-corrected chi connectivity index (χ0v) is 50.1. The van der Waals surface area contributed by atoms with Gasteiger partial charge in [-0.1, -0.05) is 249 Å².